The Kier molecular flexibility index (Phi) is 6.14. The number of esters is 1. The minimum atomic E-state index is -0.333. The zero-order chi connectivity index (χ0) is 16.9. The van der Waals surface area contributed by atoms with E-state index in [9.17, 15) is 4.79 Å². The van der Waals surface area contributed by atoms with E-state index in [0.717, 1.165) is 44.2 Å². The number of benzene rings is 1. The summed E-state index contributed by atoms with van der Waals surface area (Å²) < 4.78 is 4.80. The van der Waals surface area contributed by atoms with Crippen molar-refractivity contribution in [2.45, 2.75) is 32.2 Å². The van der Waals surface area contributed by atoms with Crippen LogP contribution in [0.4, 0.5) is 0 Å². The average molecular weight is 351 g/mol. The van der Waals surface area contributed by atoms with Gasteiger partial charge in [0, 0.05) is 44.3 Å². The first-order chi connectivity index (χ1) is 11.6. The highest BCUT2D eigenvalue weighted by Crippen LogP contribution is 2.26. The van der Waals surface area contributed by atoms with Crippen molar-refractivity contribution in [1.29, 1.82) is 0 Å². The number of piperazine rings is 1. The van der Waals surface area contributed by atoms with Gasteiger partial charge in [-0.2, -0.15) is 0 Å². The molecule has 4 nitrogen and oxygen atoms in total. The second-order valence-electron chi connectivity index (χ2n) is 7.07. The highest BCUT2D eigenvalue weighted by atomic mass is 35.5. The highest BCUT2D eigenvalue weighted by Gasteiger charge is 2.22. The monoisotopic (exact) mass is 350 g/mol. The first-order valence-electron chi connectivity index (χ1n) is 8.96. The number of nitrogens with zero attached hydrogens (tertiary/aromatic N) is 2. The van der Waals surface area contributed by atoms with Crippen molar-refractivity contribution >= 4 is 17.6 Å². The first-order valence-corrected chi connectivity index (χ1v) is 9.34. The number of carbonyl (C=O) groups is 1. The van der Waals surface area contributed by atoms with E-state index in [4.69, 9.17) is 16.3 Å². The molecule has 3 rings (SSSR count). The fourth-order valence-electron chi connectivity index (χ4n) is 3.92. The van der Waals surface area contributed by atoms with Crippen LogP contribution in [0.2, 0.25) is 5.02 Å². The molecule has 1 aliphatic heterocycles. The van der Waals surface area contributed by atoms with Gasteiger partial charge in [-0.3, -0.25) is 4.90 Å². The van der Waals surface area contributed by atoms with Crippen LogP contribution in [0.25, 0.3) is 0 Å². The van der Waals surface area contributed by atoms with Gasteiger partial charge in [-0.25, -0.2) is 4.79 Å². The first kappa shape index (κ1) is 17.7. The smallest absolute Gasteiger partial charge is 0.337 e. The van der Waals surface area contributed by atoms with E-state index in [1.807, 2.05) is 12.1 Å². The van der Waals surface area contributed by atoms with E-state index in [1.165, 1.54) is 39.3 Å². The standard InChI is InChI=1S/C19H27ClN2O2/c1-24-19(23)17-10-16(11-18(20)12-17)14-22-8-6-21(7-9-22)13-15-4-2-3-5-15/h10-12,15H,2-9,13-14H2,1H3. The molecule has 132 valence electrons. The van der Waals surface area contributed by atoms with Gasteiger partial charge in [0.15, 0.2) is 0 Å². The fraction of sp³-hybridized carbons (Fsp3) is 0.632. The van der Waals surface area contributed by atoms with Crippen LogP contribution >= 0.6 is 11.6 Å². The summed E-state index contributed by atoms with van der Waals surface area (Å²) in [7, 11) is 1.40. The van der Waals surface area contributed by atoms with Gasteiger partial charge in [0.25, 0.3) is 0 Å². The normalized spacial score (nSPS) is 20.4. The highest BCUT2D eigenvalue weighted by molar-refractivity contribution is 6.31. The third-order valence-corrected chi connectivity index (χ3v) is 5.46. The number of methoxy groups -OCH3 is 1. The van der Waals surface area contributed by atoms with Gasteiger partial charge in [-0.1, -0.05) is 24.4 Å². The molecule has 1 aromatic carbocycles. The van der Waals surface area contributed by atoms with E-state index < -0.39 is 0 Å². The number of carbonyl (C=O) groups excluding carboxylic acids is 1. The minimum Gasteiger partial charge on any atom is -0.465 e. The van der Waals surface area contributed by atoms with E-state index >= 15 is 0 Å². The number of ether oxygens (including phenoxy) is 1. The Morgan fingerprint density at radius 2 is 1.79 bits per heavy atom. The van der Waals surface area contributed by atoms with Gasteiger partial charge in [0.2, 0.25) is 0 Å². The predicted octanol–water partition coefficient (Wildman–Crippen LogP) is 3.43. The van der Waals surface area contributed by atoms with Gasteiger partial charge < -0.3 is 9.64 Å². The molecule has 2 aliphatic rings. The molecule has 1 heterocycles. The topological polar surface area (TPSA) is 32.8 Å². The molecule has 0 atom stereocenters. The zero-order valence-electron chi connectivity index (χ0n) is 14.5. The Hall–Kier alpha value is -1.10. The molecule has 0 aromatic heterocycles. The van der Waals surface area contributed by atoms with E-state index in [1.54, 1.807) is 6.07 Å². The van der Waals surface area contributed by atoms with E-state index in [2.05, 4.69) is 9.80 Å². The van der Waals surface area contributed by atoms with Crippen molar-refractivity contribution in [3.63, 3.8) is 0 Å². The van der Waals surface area contributed by atoms with Crippen LogP contribution in [0.3, 0.4) is 0 Å². The summed E-state index contributed by atoms with van der Waals surface area (Å²) in [4.78, 5) is 16.8. The Labute approximate surface area is 149 Å². The Morgan fingerprint density at radius 1 is 1.12 bits per heavy atom. The molecular formula is C19H27ClN2O2. The molecule has 1 saturated heterocycles. The quantitative estimate of drug-likeness (QED) is 0.762. The van der Waals surface area contributed by atoms with Crippen molar-refractivity contribution in [3.8, 4) is 0 Å². The lowest BCUT2D eigenvalue weighted by Gasteiger charge is -2.36. The molecular weight excluding hydrogens is 324 g/mol. The summed E-state index contributed by atoms with van der Waals surface area (Å²) in [5.74, 6) is 0.590. The number of hydrogen-bond acceptors (Lipinski definition) is 4. The number of halogens is 1. The molecule has 1 aliphatic carbocycles. The zero-order valence-corrected chi connectivity index (χ0v) is 15.2. The van der Waals surface area contributed by atoms with Crippen molar-refractivity contribution in [3.05, 3.63) is 34.3 Å². The summed E-state index contributed by atoms with van der Waals surface area (Å²) in [5, 5.41) is 0.591. The summed E-state index contributed by atoms with van der Waals surface area (Å²) in [6.07, 6.45) is 5.67. The average Bonchev–Trinajstić information content (AvgIpc) is 3.08. The molecule has 0 N–H and O–H groups in total. The predicted molar refractivity (Wildman–Crippen MR) is 96.5 cm³/mol. The maximum atomic E-state index is 11.7. The van der Waals surface area contributed by atoms with Crippen LogP contribution in [-0.2, 0) is 11.3 Å². The lowest BCUT2D eigenvalue weighted by atomic mass is 10.1. The SMILES string of the molecule is COC(=O)c1cc(Cl)cc(CN2CCN(CC3CCCC3)CC2)c1. The van der Waals surface area contributed by atoms with Gasteiger partial charge >= 0.3 is 5.97 Å². The summed E-state index contributed by atoms with van der Waals surface area (Å²) in [6, 6.07) is 5.50. The molecule has 0 radical (unpaired) electrons. The van der Waals surface area contributed by atoms with Gasteiger partial charge in [0.1, 0.15) is 0 Å². The third kappa shape index (κ3) is 4.71. The van der Waals surface area contributed by atoms with Crippen molar-refractivity contribution in [1.82, 2.24) is 9.80 Å². The lowest BCUT2D eigenvalue weighted by molar-refractivity contribution is 0.0600. The molecule has 0 bridgehead atoms. The van der Waals surface area contributed by atoms with Crippen molar-refractivity contribution in [2.24, 2.45) is 5.92 Å². The summed E-state index contributed by atoms with van der Waals surface area (Å²) in [5.41, 5.74) is 1.60. The largest absolute Gasteiger partial charge is 0.465 e. The molecule has 0 spiro atoms. The van der Waals surface area contributed by atoms with Gasteiger partial charge in [-0.15, -0.1) is 0 Å². The number of rotatable bonds is 5. The Morgan fingerprint density at radius 3 is 2.46 bits per heavy atom. The molecule has 0 amide bonds. The molecule has 1 saturated carbocycles. The molecule has 0 unspecified atom stereocenters. The molecule has 1 aromatic rings. The van der Waals surface area contributed by atoms with Crippen LogP contribution in [0.15, 0.2) is 18.2 Å². The summed E-state index contributed by atoms with van der Waals surface area (Å²) in [6.45, 7) is 6.54. The van der Waals surface area contributed by atoms with Crippen LogP contribution in [0, 0.1) is 5.92 Å². The lowest BCUT2D eigenvalue weighted by Crippen LogP contribution is -2.47. The van der Waals surface area contributed by atoms with E-state index in [-0.39, 0.29) is 5.97 Å². The van der Waals surface area contributed by atoms with Crippen LogP contribution in [0.5, 0.6) is 0 Å². The third-order valence-electron chi connectivity index (χ3n) is 5.24. The number of hydrogen-bond donors (Lipinski definition) is 0. The van der Waals surface area contributed by atoms with Gasteiger partial charge in [0.05, 0.1) is 12.7 Å². The Balaban J connectivity index is 1.52. The van der Waals surface area contributed by atoms with Crippen LogP contribution < -0.4 is 0 Å². The summed E-state index contributed by atoms with van der Waals surface area (Å²) >= 11 is 6.15. The minimum absolute atomic E-state index is 0.333. The van der Waals surface area contributed by atoms with Gasteiger partial charge in [-0.05, 0) is 42.5 Å². The second-order valence-corrected chi connectivity index (χ2v) is 7.50. The Bertz CT molecular complexity index is 564. The fourth-order valence-corrected chi connectivity index (χ4v) is 4.18. The maximum absolute atomic E-state index is 11.7. The van der Waals surface area contributed by atoms with Crippen LogP contribution in [-0.4, -0.2) is 55.6 Å². The molecule has 24 heavy (non-hydrogen) atoms. The van der Waals surface area contributed by atoms with Crippen LogP contribution in [0.1, 0.15) is 41.6 Å². The molecule has 5 heteroatoms. The molecule has 2 fully saturated rings. The van der Waals surface area contributed by atoms with Crippen molar-refractivity contribution < 1.29 is 9.53 Å². The van der Waals surface area contributed by atoms with Crippen molar-refractivity contribution in [2.75, 3.05) is 39.8 Å². The maximum Gasteiger partial charge on any atom is 0.337 e. The van der Waals surface area contributed by atoms with E-state index in [0.29, 0.717) is 10.6 Å². The second kappa shape index (κ2) is 8.32.